The molecule has 0 radical (unpaired) electrons. The van der Waals surface area contributed by atoms with Crippen molar-refractivity contribution in [2.75, 3.05) is 0 Å². The Hall–Kier alpha value is -1.26. The summed E-state index contributed by atoms with van der Waals surface area (Å²) in [6, 6.07) is 5.01. The van der Waals surface area contributed by atoms with Crippen molar-refractivity contribution in [3.05, 3.63) is 39.6 Å². The highest BCUT2D eigenvalue weighted by Crippen LogP contribution is 2.28. The summed E-state index contributed by atoms with van der Waals surface area (Å²) >= 11 is 11.8. The Bertz CT molecular complexity index is 499. The van der Waals surface area contributed by atoms with Gasteiger partial charge in [0.1, 0.15) is 23.7 Å². The van der Waals surface area contributed by atoms with E-state index < -0.39 is 0 Å². The maximum absolute atomic E-state index is 5.93. The average molecular weight is 259 g/mol. The van der Waals surface area contributed by atoms with Crippen LogP contribution in [0.5, 0.6) is 5.75 Å². The average Bonchev–Trinajstić information content (AvgIpc) is 2.66. The number of hydrogen-bond acceptors (Lipinski definition) is 4. The predicted molar refractivity (Wildman–Crippen MR) is 59.8 cm³/mol. The predicted octanol–water partition coefficient (Wildman–Crippen LogP) is 3.26. The van der Waals surface area contributed by atoms with Gasteiger partial charge in [-0.1, -0.05) is 33.5 Å². The van der Waals surface area contributed by atoms with E-state index in [4.69, 9.17) is 27.9 Å². The molecular weight excluding hydrogens is 251 g/mol. The van der Waals surface area contributed by atoms with Gasteiger partial charge in [0.15, 0.2) is 0 Å². The van der Waals surface area contributed by atoms with Crippen molar-refractivity contribution < 1.29 is 9.37 Å². The number of benzene rings is 1. The number of aryl methyl sites for hydroxylation is 1. The van der Waals surface area contributed by atoms with Crippen LogP contribution in [0.15, 0.2) is 22.8 Å². The minimum atomic E-state index is 0.245. The van der Waals surface area contributed by atoms with Crippen molar-refractivity contribution in [3.63, 3.8) is 0 Å². The van der Waals surface area contributed by atoms with E-state index in [0.29, 0.717) is 27.2 Å². The first-order valence-corrected chi connectivity index (χ1v) is 5.28. The van der Waals surface area contributed by atoms with Crippen LogP contribution in [0, 0.1) is 6.92 Å². The van der Waals surface area contributed by atoms with Crippen molar-refractivity contribution >= 4 is 23.2 Å². The summed E-state index contributed by atoms with van der Waals surface area (Å²) in [5.74, 6) is 0.511. The van der Waals surface area contributed by atoms with Crippen LogP contribution in [0.25, 0.3) is 0 Å². The van der Waals surface area contributed by atoms with Crippen LogP contribution >= 0.6 is 23.2 Å². The van der Waals surface area contributed by atoms with Crippen LogP contribution in [0.3, 0.4) is 0 Å². The van der Waals surface area contributed by atoms with Crippen molar-refractivity contribution in [1.82, 2.24) is 10.3 Å². The standard InChI is InChI=1S/C10H8Cl2N2O2/c1-6-9(14-16-13-6)5-15-10-4-7(11)2-3-8(10)12/h2-4H,5H2,1H3. The number of nitrogens with zero attached hydrogens (tertiary/aromatic N) is 2. The highest BCUT2D eigenvalue weighted by molar-refractivity contribution is 6.34. The first-order valence-electron chi connectivity index (χ1n) is 4.52. The Morgan fingerprint density at radius 3 is 2.81 bits per heavy atom. The second kappa shape index (κ2) is 4.72. The molecule has 0 bridgehead atoms. The van der Waals surface area contributed by atoms with E-state index in [0.717, 1.165) is 0 Å². The van der Waals surface area contributed by atoms with E-state index >= 15 is 0 Å². The molecule has 0 spiro atoms. The van der Waals surface area contributed by atoms with Crippen LogP contribution in [0.1, 0.15) is 11.4 Å². The zero-order chi connectivity index (χ0) is 11.5. The molecular formula is C10H8Cl2N2O2. The molecule has 0 N–H and O–H groups in total. The summed E-state index contributed by atoms with van der Waals surface area (Å²) in [6.45, 7) is 2.03. The minimum Gasteiger partial charge on any atom is -0.485 e. The number of rotatable bonds is 3. The van der Waals surface area contributed by atoms with Gasteiger partial charge in [-0.05, 0) is 19.1 Å². The molecule has 1 aromatic heterocycles. The summed E-state index contributed by atoms with van der Waals surface area (Å²) in [4.78, 5) is 0. The van der Waals surface area contributed by atoms with Gasteiger partial charge >= 0.3 is 0 Å². The zero-order valence-electron chi connectivity index (χ0n) is 8.41. The van der Waals surface area contributed by atoms with E-state index in [1.165, 1.54) is 0 Å². The van der Waals surface area contributed by atoms with Gasteiger partial charge < -0.3 is 4.74 Å². The Balaban J connectivity index is 2.10. The Morgan fingerprint density at radius 2 is 2.12 bits per heavy atom. The van der Waals surface area contributed by atoms with Gasteiger partial charge in [-0.15, -0.1) is 0 Å². The summed E-state index contributed by atoms with van der Waals surface area (Å²) in [6.07, 6.45) is 0. The molecule has 0 saturated heterocycles. The molecule has 16 heavy (non-hydrogen) atoms. The molecule has 1 heterocycles. The third kappa shape index (κ3) is 2.46. The van der Waals surface area contributed by atoms with Crippen molar-refractivity contribution in [2.24, 2.45) is 0 Å². The largest absolute Gasteiger partial charge is 0.485 e. The fraction of sp³-hybridized carbons (Fsp3) is 0.200. The van der Waals surface area contributed by atoms with Crippen molar-refractivity contribution in [3.8, 4) is 5.75 Å². The summed E-state index contributed by atoms with van der Waals surface area (Å²) in [5, 5.41) is 8.40. The fourth-order valence-corrected chi connectivity index (χ4v) is 1.45. The van der Waals surface area contributed by atoms with E-state index in [2.05, 4.69) is 14.9 Å². The molecule has 0 atom stereocenters. The Labute approximate surface area is 102 Å². The summed E-state index contributed by atoms with van der Waals surface area (Å²) in [5.41, 5.74) is 1.33. The van der Waals surface area contributed by atoms with Crippen LogP contribution in [0.2, 0.25) is 10.0 Å². The SMILES string of the molecule is Cc1nonc1COc1cc(Cl)ccc1Cl. The van der Waals surface area contributed by atoms with Gasteiger partial charge in [-0.25, -0.2) is 4.63 Å². The molecule has 4 nitrogen and oxygen atoms in total. The zero-order valence-corrected chi connectivity index (χ0v) is 9.92. The monoisotopic (exact) mass is 258 g/mol. The van der Waals surface area contributed by atoms with Crippen molar-refractivity contribution in [1.29, 1.82) is 0 Å². The van der Waals surface area contributed by atoms with Gasteiger partial charge in [0.05, 0.1) is 5.02 Å². The van der Waals surface area contributed by atoms with E-state index in [9.17, 15) is 0 Å². The second-order valence-electron chi connectivity index (χ2n) is 3.16. The summed E-state index contributed by atoms with van der Waals surface area (Å²) in [7, 11) is 0. The second-order valence-corrected chi connectivity index (χ2v) is 4.00. The maximum atomic E-state index is 5.93. The van der Waals surface area contributed by atoms with E-state index in [-0.39, 0.29) is 6.61 Å². The molecule has 2 aromatic rings. The normalized spacial score (nSPS) is 10.4. The van der Waals surface area contributed by atoms with Gasteiger partial charge in [0.25, 0.3) is 0 Å². The molecule has 0 aliphatic carbocycles. The highest BCUT2D eigenvalue weighted by Gasteiger charge is 2.08. The topological polar surface area (TPSA) is 48.2 Å². The molecule has 84 valence electrons. The highest BCUT2D eigenvalue weighted by atomic mass is 35.5. The number of ether oxygens (including phenoxy) is 1. The maximum Gasteiger partial charge on any atom is 0.145 e. The molecule has 0 unspecified atom stereocenters. The fourth-order valence-electron chi connectivity index (χ4n) is 1.11. The number of aromatic nitrogens is 2. The van der Waals surface area contributed by atoms with E-state index in [1.54, 1.807) is 25.1 Å². The lowest BCUT2D eigenvalue weighted by atomic mass is 10.3. The van der Waals surface area contributed by atoms with E-state index in [1.807, 2.05) is 0 Å². The van der Waals surface area contributed by atoms with Crippen LogP contribution < -0.4 is 4.74 Å². The lowest BCUT2D eigenvalue weighted by Crippen LogP contribution is -1.98. The third-order valence-electron chi connectivity index (χ3n) is 2.00. The lowest BCUT2D eigenvalue weighted by molar-refractivity contribution is 0.270. The lowest BCUT2D eigenvalue weighted by Gasteiger charge is -2.06. The third-order valence-corrected chi connectivity index (χ3v) is 2.55. The van der Waals surface area contributed by atoms with Gasteiger partial charge in [0, 0.05) is 11.1 Å². The van der Waals surface area contributed by atoms with Crippen LogP contribution in [0.4, 0.5) is 0 Å². The molecule has 2 rings (SSSR count). The first kappa shape index (κ1) is 11.2. The summed E-state index contributed by atoms with van der Waals surface area (Å²) < 4.78 is 10.0. The quantitative estimate of drug-likeness (QED) is 0.848. The molecule has 0 saturated carbocycles. The number of halogens is 2. The minimum absolute atomic E-state index is 0.245. The van der Waals surface area contributed by atoms with Gasteiger partial charge in [-0.3, -0.25) is 0 Å². The molecule has 0 aliphatic heterocycles. The number of hydrogen-bond donors (Lipinski definition) is 0. The molecule has 0 aliphatic rings. The van der Waals surface area contributed by atoms with Gasteiger partial charge in [-0.2, -0.15) is 0 Å². The smallest absolute Gasteiger partial charge is 0.145 e. The molecule has 0 fully saturated rings. The van der Waals surface area contributed by atoms with Crippen molar-refractivity contribution in [2.45, 2.75) is 13.5 Å². The first-order chi connectivity index (χ1) is 7.66. The Morgan fingerprint density at radius 1 is 1.31 bits per heavy atom. The molecule has 6 heteroatoms. The van der Waals surface area contributed by atoms with Gasteiger partial charge in [0.2, 0.25) is 0 Å². The molecule has 0 amide bonds. The Kier molecular flexibility index (Phi) is 3.31. The van der Waals surface area contributed by atoms with Crippen LogP contribution in [-0.4, -0.2) is 10.3 Å². The molecule has 1 aromatic carbocycles. The van der Waals surface area contributed by atoms with Crippen LogP contribution in [-0.2, 0) is 6.61 Å².